The molecule has 5 rings (SSSR count). The van der Waals surface area contributed by atoms with Gasteiger partial charge in [0.2, 0.25) is 10.0 Å². The number of rotatable bonds is 15. The molecular formula is C38H48N4O7S2. The van der Waals surface area contributed by atoms with Crippen LogP contribution in [-0.2, 0) is 24.4 Å². The number of carbonyl (C=O) groups is 3. The molecule has 2 aliphatic rings. The number of carboxylic acids is 1. The maximum Gasteiger partial charge on any atom is 0.326 e. The molecule has 2 aliphatic heterocycles. The molecule has 3 aromatic rings. The van der Waals surface area contributed by atoms with Crippen LogP contribution in [0.25, 0.3) is 0 Å². The molecule has 1 unspecified atom stereocenters. The molecule has 274 valence electrons. The van der Waals surface area contributed by atoms with Crippen molar-refractivity contribution in [2.45, 2.75) is 92.6 Å². The number of carboxylic acid groups (broad SMARTS) is 1. The number of benzene rings is 3. The predicted molar refractivity (Wildman–Crippen MR) is 199 cm³/mol. The van der Waals surface area contributed by atoms with Gasteiger partial charge in [0, 0.05) is 24.8 Å². The summed E-state index contributed by atoms with van der Waals surface area (Å²) >= 11 is 1.37. The Morgan fingerprint density at radius 3 is 2.27 bits per heavy atom. The molecule has 1 saturated heterocycles. The van der Waals surface area contributed by atoms with Crippen LogP contribution in [0.1, 0.15) is 76.8 Å². The van der Waals surface area contributed by atoms with Crippen molar-refractivity contribution in [3.63, 3.8) is 0 Å². The molecule has 0 spiro atoms. The normalized spacial score (nSPS) is 18.4. The number of nitrogens with one attached hydrogen (secondary N) is 2. The summed E-state index contributed by atoms with van der Waals surface area (Å²) in [5.41, 5.74) is 1.20. The van der Waals surface area contributed by atoms with Crippen LogP contribution in [0, 0.1) is 0 Å². The van der Waals surface area contributed by atoms with E-state index in [0.29, 0.717) is 48.4 Å². The number of carbonyl (C=O) groups excluding carboxylic acids is 2. The molecule has 1 fully saturated rings. The zero-order valence-corrected chi connectivity index (χ0v) is 31.1. The first-order valence-corrected chi connectivity index (χ1v) is 20.3. The van der Waals surface area contributed by atoms with Gasteiger partial charge in [0.1, 0.15) is 22.7 Å². The van der Waals surface area contributed by atoms with E-state index in [1.165, 1.54) is 22.7 Å². The molecule has 3 N–H and O–H groups in total. The van der Waals surface area contributed by atoms with Crippen LogP contribution in [0.15, 0.2) is 82.6 Å². The number of amides is 2. The summed E-state index contributed by atoms with van der Waals surface area (Å²) in [7, 11) is -4.04. The van der Waals surface area contributed by atoms with Crippen LogP contribution >= 0.6 is 11.8 Å². The van der Waals surface area contributed by atoms with E-state index in [2.05, 4.69) is 28.8 Å². The minimum atomic E-state index is -4.04. The smallest absolute Gasteiger partial charge is 0.326 e. The number of unbranched alkanes of at least 4 members (excludes halogenated alkanes) is 2. The van der Waals surface area contributed by atoms with Crippen LogP contribution in [0.4, 0.5) is 11.4 Å². The van der Waals surface area contributed by atoms with Gasteiger partial charge in [0.25, 0.3) is 11.8 Å². The third kappa shape index (κ3) is 8.88. The van der Waals surface area contributed by atoms with Gasteiger partial charge < -0.3 is 25.0 Å². The van der Waals surface area contributed by atoms with Gasteiger partial charge in [0.05, 0.1) is 16.1 Å². The summed E-state index contributed by atoms with van der Waals surface area (Å²) in [5, 5.41) is 12.4. The Morgan fingerprint density at radius 2 is 1.67 bits per heavy atom. The van der Waals surface area contributed by atoms with E-state index in [1.54, 1.807) is 30.3 Å². The molecule has 0 bridgehead atoms. The van der Waals surface area contributed by atoms with Crippen LogP contribution in [0.3, 0.4) is 0 Å². The Bertz CT molecular complexity index is 1780. The average Bonchev–Trinajstić information content (AvgIpc) is 3.61. The van der Waals surface area contributed by atoms with Gasteiger partial charge in [0.15, 0.2) is 6.61 Å². The van der Waals surface area contributed by atoms with E-state index in [-0.39, 0.29) is 17.2 Å². The number of fused-ring (bicyclic) bond motifs is 1. The minimum Gasteiger partial charge on any atom is -0.483 e. The number of anilines is 2. The number of hydrogen-bond acceptors (Lipinski definition) is 8. The van der Waals surface area contributed by atoms with E-state index in [0.717, 1.165) is 31.4 Å². The van der Waals surface area contributed by atoms with Crippen molar-refractivity contribution in [2.75, 3.05) is 30.9 Å². The minimum absolute atomic E-state index is 0.0560. The average molecular weight is 737 g/mol. The van der Waals surface area contributed by atoms with Crippen molar-refractivity contribution < 1.29 is 32.6 Å². The Morgan fingerprint density at radius 1 is 1.02 bits per heavy atom. The number of ether oxygens (including phenoxy) is 1. The maximum absolute atomic E-state index is 14.3. The van der Waals surface area contributed by atoms with Crippen molar-refractivity contribution in [1.82, 2.24) is 14.9 Å². The van der Waals surface area contributed by atoms with Gasteiger partial charge in [-0.05, 0) is 55.7 Å². The Labute approximate surface area is 305 Å². The molecule has 0 aliphatic carbocycles. The number of nitrogens with zero attached hydrogens (tertiary/aromatic N) is 2. The first-order chi connectivity index (χ1) is 24.5. The van der Waals surface area contributed by atoms with Gasteiger partial charge >= 0.3 is 5.97 Å². The summed E-state index contributed by atoms with van der Waals surface area (Å²) < 4.78 is 37.8. The van der Waals surface area contributed by atoms with Crippen LogP contribution in [0.5, 0.6) is 5.75 Å². The van der Waals surface area contributed by atoms with Gasteiger partial charge in [-0.3, -0.25) is 9.59 Å². The van der Waals surface area contributed by atoms with Gasteiger partial charge in [-0.2, -0.15) is 0 Å². The fraction of sp³-hybridized carbons (Fsp3) is 0.447. The highest BCUT2D eigenvalue weighted by Gasteiger charge is 2.42. The lowest BCUT2D eigenvalue weighted by Crippen LogP contribution is -2.53. The van der Waals surface area contributed by atoms with E-state index >= 15 is 0 Å². The lowest BCUT2D eigenvalue weighted by molar-refractivity contribution is -0.149. The molecule has 0 aromatic heterocycles. The highest BCUT2D eigenvalue weighted by atomic mass is 32.2. The van der Waals surface area contributed by atoms with E-state index in [1.807, 2.05) is 42.7 Å². The highest BCUT2D eigenvalue weighted by Crippen LogP contribution is 2.44. The molecule has 13 heteroatoms. The Hall–Kier alpha value is -4.07. The Balaban J connectivity index is 1.46. The van der Waals surface area contributed by atoms with Crippen LogP contribution in [-0.4, -0.2) is 73.7 Å². The van der Waals surface area contributed by atoms with Crippen molar-refractivity contribution in [3.05, 3.63) is 78.4 Å². The lowest BCUT2D eigenvalue weighted by atomic mass is 9.87. The summed E-state index contributed by atoms with van der Waals surface area (Å²) in [6.07, 6.45) is 7.71. The van der Waals surface area contributed by atoms with E-state index in [4.69, 9.17) is 4.74 Å². The molecule has 2 amide bonds. The van der Waals surface area contributed by atoms with Gasteiger partial charge in [-0.15, -0.1) is 11.8 Å². The monoisotopic (exact) mass is 736 g/mol. The van der Waals surface area contributed by atoms with Gasteiger partial charge in [-0.25, -0.2) is 17.9 Å². The van der Waals surface area contributed by atoms with Crippen molar-refractivity contribution in [3.8, 4) is 5.75 Å². The molecule has 2 heterocycles. The first-order valence-electron chi connectivity index (χ1n) is 17.6. The fourth-order valence-electron chi connectivity index (χ4n) is 6.98. The number of hydrogen-bond donors (Lipinski definition) is 3. The summed E-state index contributed by atoms with van der Waals surface area (Å²) in [6.45, 7) is 4.43. The first kappa shape index (κ1) is 38.2. The van der Waals surface area contributed by atoms with Gasteiger partial charge in [-0.1, -0.05) is 88.1 Å². The molecule has 2 atom stereocenters. The second-order valence-electron chi connectivity index (χ2n) is 13.2. The topological polar surface area (TPSA) is 145 Å². The SMILES string of the molecule is CCCCC1(CCCC)CN(c2ccccc2)c2cc(SC)c(OCC(=O)N[C@@H](C(=O)N3CCCC3C(=O)O)c3ccccc3)cc2S(=O)(=O)N1. The van der Waals surface area contributed by atoms with Crippen molar-refractivity contribution >= 4 is 50.9 Å². The zero-order valence-electron chi connectivity index (χ0n) is 29.5. The number of para-hydroxylation sites is 1. The second-order valence-corrected chi connectivity index (χ2v) is 15.7. The zero-order chi connectivity index (χ0) is 36.6. The number of sulfonamides is 1. The molecular weight excluding hydrogens is 689 g/mol. The van der Waals surface area contributed by atoms with Crippen LogP contribution in [0.2, 0.25) is 0 Å². The quantitative estimate of drug-likeness (QED) is 0.154. The molecule has 3 aromatic carbocycles. The largest absolute Gasteiger partial charge is 0.483 e. The van der Waals surface area contributed by atoms with E-state index < -0.39 is 52.0 Å². The van der Waals surface area contributed by atoms with Crippen molar-refractivity contribution in [1.29, 1.82) is 0 Å². The molecule has 51 heavy (non-hydrogen) atoms. The summed E-state index contributed by atoms with van der Waals surface area (Å²) in [5.74, 6) is -1.99. The predicted octanol–water partition coefficient (Wildman–Crippen LogP) is 6.27. The Kier molecular flexibility index (Phi) is 12.7. The second kappa shape index (κ2) is 17.0. The number of likely N-dealkylation sites (tertiary alicyclic amines) is 1. The lowest BCUT2D eigenvalue weighted by Gasteiger charge is -2.37. The maximum atomic E-state index is 14.3. The molecule has 0 radical (unpaired) electrons. The van der Waals surface area contributed by atoms with Crippen molar-refractivity contribution in [2.24, 2.45) is 0 Å². The highest BCUT2D eigenvalue weighted by molar-refractivity contribution is 7.98. The summed E-state index contributed by atoms with van der Waals surface area (Å²) in [6, 6.07) is 19.6. The number of aliphatic carboxylic acids is 1. The molecule has 0 saturated carbocycles. The van der Waals surface area contributed by atoms with E-state index in [9.17, 15) is 27.9 Å². The number of thioether (sulfide) groups is 1. The third-order valence-electron chi connectivity index (χ3n) is 9.59. The van der Waals surface area contributed by atoms with Crippen LogP contribution < -0.4 is 19.7 Å². The third-order valence-corrected chi connectivity index (χ3v) is 12.0. The fourth-order valence-corrected chi connectivity index (χ4v) is 9.18. The standard InChI is InChI=1S/C38H48N4O7S2/c1-4-6-20-38(21-7-5-2)26-42(28-17-12-9-13-18-28)30-23-32(50-3)31(24-33(30)51(47,48)40-38)49-25-34(43)39-35(27-15-10-8-11-16-27)36(44)41-22-14-19-29(41)37(45)46/h8-13,15-18,23-24,29,35,40H,4-7,14,19-22,25-26H2,1-3H3,(H,39,43)(H,45,46)/t29?,35-/m1/s1. The summed E-state index contributed by atoms with van der Waals surface area (Å²) in [4.78, 5) is 43.1. The molecule has 11 nitrogen and oxygen atoms in total.